The molecule has 0 bridgehead atoms. The third-order valence-corrected chi connectivity index (χ3v) is 0. The first kappa shape index (κ1) is 854. The molecule has 0 spiro atoms. The minimum absolute atomic E-state index is 0. The zero-order chi connectivity index (χ0) is 0. The van der Waals surface area contributed by atoms with Gasteiger partial charge in [0.05, 0.1) is 0 Å². The molecule has 0 saturated heterocycles. The summed E-state index contributed by atoms with van der Waals surface area (Å²) in [7, 11) is 0. The summed E-state index contributed by atoms with van der Waals surface area (Å²) >= 11 is 0. The van der Waals surface area contributed by atoms with E-state index in [0.29, 0.717) is 0 Å². The van der Waals surface area contributed by atoms with Crippen molar-refractivity contribution >= 4 is 0 Å². The Kier molecular flexibility index (Phi) is 50700. The maximum absolute atomic E-state index is 0. The van der Waals surface area contributed by atoms with Crippen LogP contribution in [0.3, 0.4) is 0 Å². The summed E-state index contributed by atoms with van der Waals surface area (Å²) in [5.41, 5.74) is 0. The summed E-state index contributed by atoms with van der Waals surface area (Å²) < 4.78 is 0. The second-order valence-corrected chi connectivity index (χ2v) is 0. The Morgan fingerprint density at radius 3 is 0.364 bits per heavy atom. The molecule has 0 aliphatic heterocycles. The maximum atomic E-state index is 0. The van der Waals surface area contributed by atoms with E-state index in [1.54, 1.807) is 0 Å². The zero-order valence-corrected chi connectivity index (χ0v) is 9.60. The van der Waals surface area contributed by atoms with Crippen molar-refractivity contribution in [1.29, 1.82) is 0 Å². The third-order valence-electron chi connectivity index (χ3n) is 0. The summed E-state index contributed by atoms with van der Waals surface area (Å²) in [6, 6.07) is 0. The molecule has 1 radical (unpaired) electrons. The van der Waals surface area contributed by atoms with Gasteiger partial charge in [0.2, 0.25) is 0 Å². The molecule has 0 aliphatic rings. The monoisotopic (exact) mass is 437 g/mol. The fraction of sp³-hybridized carbons (Fsp3) is 0. The van der Waals surface area contributed by atoms with Crippen molar-refractivity contribution < 1.29 is 98.1 Å². The van der Waals surface area contributed by atoms with Crippen molar-refractivity contribution in [3.63, 3.8) is 0 Å². The largest absolute Gasteiger partial charge is 2.00 e. The molecule has 85 valence electrons. The number of rotatable bonds is 0. The van der Waals surface area contributed by atoms with E-state index in [0.717, 1.165) is 0 Å². The van der Waals surface area contributed by atoms with Crippen LogP contribution in [0.5, 0.6) is 0 Å². The van der Waals surface area contributed by atoms with Crippen LogP contribution in [-0.2, 0) is 54.3 Å². The second-order valence-electron chi connectivity index (χ2n) is 0. The molecule has 0 unspecified atom stereocenters. The van der Waals surface area contributed by atoms with Gasteiger partial charge in [-0.3, -0.25) is 0 Å². The van der Waals surface area contributed by atoms with E-state index in [1.165, 1.54) is 0 Å². The smallest absolute Gasteiger partial charge is 0.870 e. The van der Waals surface area contributed by atoms with Crippen LogP contribution in [0, 0.1) is 0 Å². The van der Waals surface area contributed by atoms with Crippen LogP contribution in [-0.4, -0.2) is 43.8 Å². The third kappa shape index (κ3) is 533. The molecule has 0 aromatic carbocycles. The maximum Gasteiger partial charge on any atom is 2.00 e. The standard InChI is InChI=1S/Co.Ni.8H2O.W/h;;8*1H2;/q2*+2;;;;;;;;;/p-8. The summed E-state index contributed by atoms with van der Waals surface area (Å²) in [6.07, 6.45) is 0. The molecular formula is H8CoNiO8W-4. The average molecular weight is 438 g/mol. The first-order valence-corrected chi connectivity index (χ1v) is 0. The van der Waals surface area contributed by atoms with Gasteiger partial charge in [0.15, 0.2) is 0 Å². The van der Waals surface area contributed by atoms with Crippen molar-refractivity contribution in [2.24, 2.45) is 0 Å². The van der Waals surface area contributed by atoms with E-state index in [4.69, 9.17) is 0 Å². The molecule has 8 nitrogen and oxygen atoms in total. The van der Waals surface area contributed by atoms with E-state index in [9.17, 15) is 0 Å². The van der Waals surface area contributed by atoms with Gasteiger partial charge in [-0.15, -0.1) is 0 Å². The van der Waals surface area contributed by atoms with E-state index >= 15 is 0 Å². The van der Waals surface area contributed by atoms with Crippen LogP contribution in [0.1, 0.15) is 0 Å². The second kappa shape index (κ2) is 653. The minimum atomic E-state index is 0. The Morgan fingerprint density at radius 1 is 0.364 bits per heavy atom. The van der Waals surface area contributed by atoms with E-state index < -0.39 is 0 Å². The predicted octanol–water partition coefficient (Wildman–Crippen LogP) is -1.42. The van der Waals surface area contributed by atoms with Crippen molar-refractivity contribution in [1.82, 2.24) is 0 Å². The van der Waals surface area contributed by atoms with Crippen molar-refractivity contribution in [3.8, 4) is 0 Å². The molecule has 0 fully saturated rings. The molecule has 0 aromatic rings. The number of hydrogen-bond acceptors (Lipinski definition) is 8. The molecule has 0 aliphatic carbocycles. The molecular weight excluding hydrogens is 429 g/mol. The van der Waals surface area contributed by atoms with E-state index in [1.807, 2.05) is 0 Å². The van der Waals surface area contributed by atoms with Crippen LogP contribution in [0.2, 0.25) is 0 Å². The molecule has 0 heterocycles. The Morgan fingerprint density at radius 2 is 0.364 bits per heavy atom. The molecule has 0 atom stereocenters. The molecule has 0 aromatic heterocycles. The van der Waals surface area contributed by atoms with Crippen LogP contribution in [0.25, 0.3) is 0 Å². The molecule has 11 heavy (non-hydrogen) atoms. The Balaban J connectivity index is 0. The molecule has 0 rings (SSSR count). The topological polar surface area (TPSA) is 240 Å². The van der Waals surface area contributed by atoms with Gasteiger partial charge < -0.3 is 43.8 Å². The van der Waals surface area contributed by atoms with Crippen molar-refractivity contribution in [2.75, 3.05) is 0 Å². The first-order valence-electron chi connectivity index (χ1n) is 0. The minimum Gasteiger partial charge on any atom is -0.870 e. The van der Waals surface area contributed by atoms with Gasteiger partial charge in [0.1, 0.15) is 0 Å². The van der Waals surface area contributed by atoms with E-state index in [-0.39, 0.29) is 98.1 Å². The Hall–Kier alpha value is 1.37. The normalized spacial score (nSPS) is 0. The Labute approximate surface area is 98.0 Å². The fourth-order valence-corrected chi connectivity index (χ4v) is 0. The van der Waals surface area contributed by atoms with Gasteiger partial charge in [-0.25, -0.2) is 0 Å². The van der Waals surface area contributed by atoms with Gasteiger partial charge in [0, 0.05) is 21.1 Å². The van der Waals surface area contributed by atoms with Gasteiger partial charge >= 0.3 is 33.3 Å². The van der Waals surface area contributed by atoms with Crippen LogP contribution in [0.4, 0.5) is 0 Å². The summed E-state index contributed by atoms with van der Waals surface area (Å²) in [4.78, 5) is 0. The molecule has 11 heteroatoms. The first-order chi connectivity index (χ1) is 0. The van der Waals surface area contributed by atoms with Crippen LogP contribution >= 0.6 is 0 Å². The van der Waals surface area contributed by atoms with Crippen molar-refractivity contribution in [2.45, 2.75) is 0 Å². The predicted molar refractivity (Wildman–Crippen MR) is 15.5 cm³/mol. The van der Waals surface area contributed by atoms with Crippen LogP contribution < -0.4 is 0 Å². The van der Waals surface area contributed by atoms with Crippen LogP contribution in [0.15, 0.2) is 0 Å². The Bertz CT molecular complexity index is 14.1. The molecule has 0 saturated carbocycles. The van der Waals surface area contributed by atoms with E-state index in [2.05, 4.69) is 0 Å². The van der Waals surface area contributed by atoms with Crippen molar-refractivity contribution in [3.05, 3.63) is 0 Å². The summed E-state index contributed by atoms with van der Waals surface area (Å²) in [5.74, 6) is 0. The van der Waals surface area contributed by atoms with Gasteiger partial charge in [-0.1, -0.05) is 0 Å². The zero-order valence-electron chi connectivity index (χ0n) is 4.64. The SMILES string of the molecule is [Co+2].[Ni+2].[OH-].[OH-].[OH-].[OH-].[OH-].[OH-].[OH-].[OH-].[W]. The quantitative estimate of drug-likeness (QED) is 0.406. The van der Waals surface area contributed by atoms with Gasteiger partial charge in [0.25, 0.3) is 0 Å². The van der Waals surface area contributed by atoms with Gasteiger partial charge in [-0.05, 0) is 0 Å². The summed E-state index contributed by atoms with van der Waals surface area (Å²) in [5, 5.41) is 0. The fourth-order valence-electron chi connectivity index (χ4n) is 0. The molecule has 8 N–H and O–H groups in total. The summed E-state index contributed by atoms with van der Waals surface area (Å²) in [6.45, 7) is 0. The van der Waals surface area contributed by atoms with Gasteiger partial charge in [-0.2, -0.15) is 0 Å². The number of hydrogen-bond donors (Lipinski definition) is 0. The average Bonchev–Trinajstić information content (AvgIpc) is 0. The molecule has 0 amide bonds.